The van der Waals surface area contributed by atoms with Crippen molar-refractivity contribution in [2.75, 3.05) is 0 Å². The number of imidazole rings is 1. The van der Waals surface area contributed by atoms with E-state index in [1.165, 1.54) is 12.1 Å². The predicted molar refractivity (Wildman–Crippen MR) is 99.8 cm³/mol. The van der Waals surface area contributed by atoms with Crippen LogP contribution in [0, 0.1) is 0 Å². The Balaban J connectivity index is 1.81. The second-order valence-corrected chi connectivity index (χ2v) is 7.56. The molecule has 0 aliphatic carbocycles. The average molecular weight is 424 g/mol. The summed E-state index contributed by atoms with van der Waals surface area (Å²) < 4.78 is 67.8. The highest BCUT2D eigenvalue weighted by atomic mass is 32.2. The number of hydrogen-bond acceptors (Lipinski definition) is 4. The Kier molecular flexibility index (Phi) is 4.89. The molecule has 150 valence electrons. The first-order valence-corrected chi connectivity index (χ1v) is 9.39. The number of nitrogens with zero attached hydrogens (tertiary/aromatic N) is 4. The minimum atomic E-state index is -4.72. The van der Waals surface area contributed by atoms with Gasteiger partial charge in [-0.3, -0.25) is 4.57 Å². The second kappa shape index (κ2) is 7.25. The van der Waals surface area contributed by atoms with Crippen molar-refractivity contribution in [2.45, 2.75) is 29.9 Å². The van der Waals surface area contributed by atoms with Gasteiger partial charge in [-0.1, -0.05) is 42.1 Å². The molecule has 0 bridgehead atoms. The fraction of sp³-hybridized carbons (Fsp3) is 0.211. The monoisotopic (exact) mass is 424 g/mol. The van der Waals surface area contributed by atoms with E-state index >= 15 is 0 Å². The van der Waals surface area contributed by atoms with E-state index in [1.54, 1.807) is 43.3 Å². The van der Waals surface area contributed by atoms with Crippen LogP contribution in [0.2, 0.25) is 0 Å². The topological polar surface area (TPSA) is 43.6 Å². The summed E-state index contributed by atoms with van der Waals surface area (Å²) in [7, 11) is 0. The molecule has 4 rings (SSSR count). The fourth-order valence-electron chi connectivity index (χ4n) is 3.04. The number of para-hydroxylation sites is 3. The van der Waals surface area contributed by atoms with Crippen LogP contribution in [0.1, 0.15) is 30.4 Å². The predicted octanol–water partition coefficient (Wildman–Crippen LogP) is 6.25. The Morgan fingerprint density at radius 1 is 0.897 bits per heavy atom. The molecule has 0 aliphatic rings. The van der Waals surface area contributed by atoms with E-state index in [9.17, 15) is 22.0 Å². The number of thioether (sulfide) groups is 1. The van der Waals surface area contributed by atoms with E-state index in [2.05, 4.69) is 15.0 Å². The van der Waals surface area contributed by atoms with Crippen molar-refractivity contribution in [1.82, 2.24) is 19.5 Å². The van der Waals surface area contributed by atoms with Crippen molar-refractivity contribution in [3.63, 3.8) is 0 Å². The van der Waals surface area contributed by atoms with Crippen LogP contribution in [-0.2, 0) is 6.18 Å². The largest absolute Gasteiger partial charge is 0.451 e. The molecule has 0 saturated carbocycles. The van der Waals surface area contributed by atoms with Gasteiger partial charge in [0.15, 0.2) is 0 Å². The Bertz CT molecular complexity index is 1190. The molecule has 2 aromatic heterocycles. The molecular formula is C19H13F5N4S. The highest BCUT2D eigenvalue weighted by Crippen LogP contribution is 2.40. The molecular weight excluding hydrogens is 411 g/mol. The standard InChI is InChI=1S/C19H13F5N4S/c1-10(15-25-13-8-4-5-9-14(13)28(15)18(20)21)29-16-11-6-2-3-7-12(11)26-17(27-16)19(22,23)24/h2-10,18H,1H3. The van der Waals surface area contributed by atoms with Crippen molar-refractivity contribution in [2.24, 2.45) is 0 Å². The molecule has 0 radical (unpaired) electrons. The van der Waals surface area contributed by atoms with Crippen LogP contribution in [0.25, 0.3) is 21.9 Å². The molecule has 2 aromatic carbocycles. The van der Waals surface area contributed by atoms with Gasteiger partial charge < -0.3 is 0 Å². The number of alkyl halides is 5. The summed E-state index contributed by atoms with van der Waals surface area (Å²) >= 11 is 0.935. The molecule has 0 N–H and O–H groups in total. The highest BCUT2D eigenvalue weighted by Gasteiger charge is 2.36. The van der Waals surface area contributed by atoms with Crippen molar-refractivity contribution in [3.8, 4) is 0 Å². The van der Waals surface area contributed by atoms with Gasteiger partial charge in [-0.2, -0.15) is 22.0 Å². The summed E-state index contributed by atoms with van der Waals surface area (Å²) in [5, 5.41) is -0.212. The third-order valence-corrected chi connectivity index (χ3v) is 5.39. The quantitative estimate of drug-likeness (QED) is 0.221. The van der Waals surface area contributed by atoms with Crippen LogP contribution < -0.4 is 0 Å². The number of benzene rings is 2. The Morgan fingerprint density at radius 3 is 2.24 bits per heavy atom. The van der Waals surface area contributed by atoms with Gasteiger partial charge in [0, 0.05) is 5.39 Å². The Hall–Kier alpha value is -2.75. The molecule has 1 unspecified atom stereocenters. The third-order valence-electron chi connectivity index (χ3n) is 4.29. The van der Waals surface area contributed by atoms with Gasteiger partial charge in [-0.15, -0.1) is 0 Å². The molecule has 0 aliphatic heterocycles. The third kappa shape index (κ3) is 3.64. The molecule has 4 aromatic rings. The second-order valence-electron chi connectivity index (χ2n) is 6.23. The zero-order chi connectivity index (χ0) is 20.8. The number of aromatic nitrogens is 4. The lowest BCUT2D eigenvalue weighted by Gasteiger charge is -2.15. The summed E-state index contributed by atoms with van der Waals surface area (Å²) in [4.78, 5) is 11.5. The highest BCUT2D eigenvalue weighted by molar-refractivity contribution is 7.99. The first-order chi connectivity index (χ1) is 13.8. The van der Waals surface area contributed by atoms with Gasteiger partial charge in [0.05, 0.1) is 21.8 Å². The number of halogens is 5. The Morgan fingerprint density at radius 2 is 1.55 bits per heavy atom. The lowest BCUT2D eigenvalue weighted by molar-refractivity contribution is -0.145. The number of hydrogen-bond donors (Lipinski definition) is 0. The van der Waals surface area contributed by atoms with Crippen LogP contribution >= 0.6 is 11.8 Å². The van der Waals surface area contributed by atoms with Crippen molar-refractivity contribution >= 4 is 33.7 Å². The molecule has 2 heterocycles. The zero-order valence-corrected chi connectivity index (χ0v) is 15.7. The van der Waals surface area contributed by atoms with E-state index in [0.29, 0.717) is 10.9 Å². The van der Waals surface area contributed by atoms with Crippen LogP contribution in [-0.4, -0.2) is 19.5 Å². The van der Waals surface area contributed by atoms with Crippen molar-refractivity contribution in [3.05, 3.63) is 60.2 Å². The molecule has 0 spiro atoms. The van der Waals surface area contributed by atoms with Gasteiger partial charge >= 0.3 is 12.7 Å². The van der Waals surface area contributed by atoms with E-state index in [-0.39, 0.29) is 21.9 Å². The van der Waals surface area contributed by atoms with Crippen LogP contribution in [0.3, 0.4) is 0 Å². The first kappa shape index (κ1) is 19.6. The molecule has 10 heteroatoms. The van der Waals surface area contributed by atoms with E-state index in [1.807, 2.05) is 0 Å². The maximum atomic E-state index is 13.7. The molecule has 0 saturated heterocycles. The summed E-state index contributed by atoms with van der Waals surface area (Å²) in [5.41, 5.74) is 0.777. The molecule has 1 atom stereocenters. The van der Waals surface area contributed by atoms with Gasteiger partial charge in [0.25, 0.3) is 0 Å². The maximum absolute atomic E-state index is 13.7. The fourth-order valence-corrected chi connectivity index (χ4v) is 4.08. The van der Waals surface area contributed by atoms with Crippen LogP contribution in [0.15, 0.2) is 53.6 Å². The van der Waals surface area contributed by atoms with E-state index in [0.717, 1.165) is 16.3 Å². The van der Waals surface area contributed by atoms with Gasteiger partial charge in [-0.05, 0) is 25.1 Å². The molecule has 4 nitrogen and oxygen atoms in total. The number of fused-ring (bicyclic) bond motifs is 2. The minimum absolute atomic E-state index is 0.0578. The number of rotatable bonds is 4. The zero-order valence-electron chi connectivity index (χ0n) is 14.9. The summed E-state index contributed by atoms with van der Waals surface area (Å²) in [5.74, 6) is -1.21. The average Bonchev–Trinajstić information content (AvgIpc) is 3.07. The van der Waals surface area contributed by atoms with Crippen molar-refractivity contribution in [1.29, 1.82) is 0 Å². The van der Waals surface area contributed by atoms with Gasteiger partial charge in [0.2, 0.25) is 5.82 Å². The van der Waals surface area contributed by atoms with E-state index < -0.39 is 23.8 Å². The summed E-state index contributed by atoms with van der Waals surface area (Å²) in [6.45, 7) is -1.23. The minimum Gasteiger partial charge on any atom is -0.269 e. The normalized spacial score (nSPS) is 13.5. The lowest BCUT2D eigenvalue weighted by atomic mass is 10.2. The molecule has 0 amide bonds. The smallest absolute Gasteiger partial charge is 0.269 e. The Labute approximate surface area is 165 Å². The summed E-state index contributed by atoms with van der Waals surface area (Å²) in [6.07, 6.45) is -4.72. The molecule has 29 heavy (non-hydrogen) atoms. The lowest BCUT2D eigenvalue weighted by Crippen LogP contribution is -2.12. The van der Waals surface area contributed by atoms with Gasteiger partial charge in [-0.25, -0.2) is 15.0 Å². The van der Waals surface area contributed by atoms with Crippen LogP contribution in [0.4, 0.5) is 22.0 Å². The van der Waals surface area contributed by atoms with Gasteiger partial charge in [0.1, 0.15) is 10.9 Å². The summed E-state index contributed by atoms with van der Waals surface area (Å²) in [6, 6.07) is 12.7. The molecule has 0 fully saturated rings. The van der Waals surface area contributed by atoms with Crippen LogP contribution in [0.5, 0.6) is 0 Å². The van der Waals surface area contributed by atoms with E-state index in [4.69, 9.17) is 0 Å². The first-order valence-electron chi connectivity index (χ1n) is 8.51. The maximum Gasteiger partial charge on any atom is 0.451 e. The van der Waals surface area contributed by atoms with Crippen molar-refractivity contribution < 1.29 is 22.0 Å². The SMILES string of the molecule is CC(Sc1nc(C(F)(F)F)nc2ccccc12)c1nc2ccccc2n1C(F)F.